The van der Waals surface area contributed by atoms with E-state index in [4.69, 9.17) is 11.6 Å². The first-order valence-electron chi connectivity index (χ1n) is 4.40. The molecule has 0 saturated heterocycles. The molecule has 0 aliphatic carbocycles. The first-order valence-corrected chi connectivity index (χ1v) is 4.93. The molecule has 15 heavy (non-hydrogen) atoms. The van der Waals surface area contributed by atoms with Crippen LogP contribution in [0.25, 0.3) is 11.8 Å². The highest BCUT2D eigenvalue weighted by molar-refractivity contribution is 6.17. The van der Waals surface area contributed by atoms with Crippen LogP contribution >= 0.6 is 11.6 Å². The van der Waals surface area contributed by atoms with Crippen molar-refractivity contribution in [3.05, 3.63) is 42.2 Å². The van der Waals surface area contributed by atoms with E-state index in [2.05, 4.69) is 22.1 Å². The van der Waals surface area contributed by atoms with Crippen molar-refractivity contribution in [1.29, 1.82) is 0 Å². The topological polar surface area (TPSA) is 43.6 Å². The minimum atomic E-state index is 0.465. The molecule has 0 bridgehead atoms. The number of aromatic nitrogens is 4. The van der Waals surface area contributed by atoms with E-state index in [9.17, 15) is 0 Å². The van der Waals surface area contributed by atoms with Gasteiger partial charge in [0.25, 0.3) is 0 Å². The minimum absolute atomic E-state index is 0.465. The fourth-order valence-corrected chi connectivity index (χ4v) is 1.48. The highest BCUT2D eigenvalue weighted by Gasteiger charge is 2.04. The lowest BCUT2D eigenvalue weighted by molar-refractivity contribution is 0.787. The van der Waals surface area contributed by atoms with Crippen molar-refractivity contribution in [3.8, 4) is 5.69 Å². The monoisotopic (exact) mass is 220 g/mol. The molecular formula is C10H9ClN4. The van der Waals surface area contributed by atoms with Crippen LogP contribution in [-0.4, -0.2) is 20.2 Å². The second-order valence-corrected chi connectivity index (χ2v) is 3.25. The Morgan fingerprint density at radius 1 is 1.47 bits per heavy atom. The fraction of sp³-hybridized carbons (Fsp3) is 0.100. The number of alkyl halides is 1. The summed E-state index contributed by atoms with van der Waals surface area (Å²) in [5.41, 5.74) is 2.87. The maximum atomic E-state index is 5.77. The van der Waals surface area contributed by atoms with Crippen molar-refractivity contribution < 1.29 is 0 Å². The second-order valence-electron chi connectivity index (χ2n) is 2.99. The molecular weight excluding hydrogens is 212 g/mol. The summed E-state index contributed by atoms with van der Waals surface area (Å²) < 4.78 is 1.59. The molecule has 76 valence electrons. The molecule has 0 aliphatic heterocycles. The summed E-state index contributed by atoms with van der Waals surface area (Å²) in [6.45, 7) is 3.74. The van der Waals surface area contributed by atoms with Gasteiger partial charge in [-0.15, -0.1) is 16.7 Å². The minimum Gasteiger partial charge on any atom is -0.200 e. The van der Waals surface area contributed by atoms with Gasteiger partial charge >= 0.3 is 0 Å². The molecule has 0 unspecified atom stereocenters. The Morgan fingerprint density at radius 3 is 2.93 bits per heavy atom. The van der Waals surface area contributed by atoms with Crippen LogP contribution < -0.4 is 0 Å². The van der Waals surface area contributed by atoms with Crippen LogP contribution in [0.5, 0.6) is 0 Å². The van der Waals surface area contributed by atoms with Crippen LogP contribution in [0.3, 0.4) is 0 Å². The summed E-state index contributed by atoms with van der Waals surface area (Å²) in [6, 6.07) is 5.85. The molecule has 0 radical (unpaired) electrons. The quantitative estimate of drug-likeness (QED) is 0.744. The van der Waals surface area contributed by atoms with Crippen LogP contribution in [0, 0.1) is 0 Å². The van der Waals surface area contributed by atoms with Crippen LogP contribution in [0.15, 0.2) is 31.1 Å². The molecule has 5 heteroatoms. The number of rotatable bonds is 3. The van der Waals surface area contributed by atoms with Crippen molar-refractivity contribution in [3.63, 3.8) is 0 Å². The normalized spacial score (nSPS) is 10.2. The molecule has 2 aromatic rings. The van der Waals surface area contributed by atoms with Crippen molar-refractivity contribution in [2.24, 2.45) is 0 Å². The first-order chi connectivity index (χ1) is 7.35. The molecule has 1 aromatic carbocycles. The molecule has 0 atom stereocenters. The number of benzene rings is 1. The summed E-state index contributed by atoms with van der Waals surface area (Å²) in [6.07, 6.45) is 3.30. The third kappa shape index (κ3) is 1.89. The largest absolute Gasteiger partial charge is 0.200 e. The van der Waals surface area contributed by atoms with Gasteiger partial charge in [-0.1, -0.05) is 24.8 Å². The third-order valence-corrected chi connectivity index (χ3v) is 2.37. The average molecular weight is 221 g/mol. The Bertz CT molecular complexity index is 464. The van der Waals surface area contributed by atoms with Crippen LogP contribution in [0.2, 0.25) is 0 Å². The number of hydrogen-bond donors (Lipinski definition) is 0. The molecule has 0 spiro atoms. The van der Waals surface area contributed by atoms with Crippen molar-refractivity contribution in [2.45, 2.75) is 5.88 Å². The third-order valence-electron chi connectivity index (χ3n) is 2.06. The van der Waals surface area contributed by atoms with E-state index in [1.807, 2.05) is 18.2 Å². The standard InChI is InChI=1S/C10H9ClN4/c1-2-9-4-3-8(6-11)5-10(9)15-7-12-13-14-15/h2-5,7H,1,6H2. The highest BCUT2D eigenvalue weighted by Crippen LogP contribution is 2.17. The van der Waals surface area contributed by atoms with Gasteiger partial charge in [-0.05, 0) is 27.6 Å². The lowest BCUT2D eigenvalue weighted by atomic mass is 10.1. The van der Waals surface area contributed by atoms with Crippen LogP contribution in [-0.2, 0) is 5.88 Å². The van der Waals surface area contributed by atoms with Gasteiger partial charge in [-0.2, -0.15) is 4.68 Å². The molecule has 0 amide bonds. The SMILES string of the molecule is C=Cc1ccc(CCl)cc1-n1cnnn1. The smallest absolute Gasteiger partial charge is 0.143 e. The molecule has 1 aromatic heterocycles. The number of tetrazole rings is 1. The van der Waals surface area contributed by atoms with Gasteiger partial charge in [0.05, 0.1) is 5.69 Å². The van der Waals surface area contributed by atoms with Gasteiger partial charge in [-0.25, -0.2) is 0 Å². The summed E-state index contributed by atoms with van der Waals surface area (Å²) in [7, 11) is 0. The summed E-state index contributed by atoms with van der Waals surface area (Å²) in [5, 5.41) is 11.0. The second kappa shape index (κ2) is 4.23. The molecule has 0 fully saturated rings. The van der Waals surface area contributed by atoms with E-state index >= 15 is 0 Å². The van der Waals surface area contributed by atoms with Gasteiger partial charge in [0, 0.05) is 5.88 Å². The Labute approximate surface area is 92.2 Å². The zero-order valence-electron chi connectivity index (χ0n) is 7.97. The Balaban J connectivity index is 2.56. The van der Waals surface area contributed by atoms with E-state index in [1.54, 1.807) is 17.1 Å². The van der Waals surface area contributed by atoms with Gasteiger partial charge in [0.2, 0.25) is 0 Å². The van der Waals surface area contributed by atoms with Crippen LogP contribution in [0.1, 0.15) is 11.1 Å². The van der Waals surface area contributed by atoms with Gasteiger partial charge in [0.1, 0.15) is 6.33 Å². The van der Waals surface area contributed by atoms with Gasteiger partial charge < -0.3 is 0 Å². The van der Waals surface area contributed by atoms with Gasteiger partial charge in [0.15, 0.2) is 0 Å². The predicted molar refractivity (Wildman–Crippen MR) is 58.8 cm³/mol. The molecule has 0 N–H and O–H groups in total. The maximum Gasteiger partial charge on any atom is 0.143 e. The van der Waals surface area contributed by atoms with Crippen molar-refractivity contribution >= 4 is 17.7 Å². The number of halogens is 1. The Morgan fingerprint density at radius 2 is 2.33 bits per heavy atom. The summed E-state index contributed by atoms with van der Waals surface area (Å²) in [4.78, 5) is 0. The number of hydrogen-bond acceptors (Lipinski definition) is 3. The van der Waals surface area contributed by atoms with Crippen molar-refractivity contribution in [1.82, 2.24) is 20.2 Å². The fourth-order valence-electron chi connectivity index (χ4n) is 1.32. The van der Waals surface area contributed by atoms with E-state index in [0.717, 1.165) is 16.8 Å². The lowest BCUT2D eigenvalue weighted by Crippen LogP contribution is -1.99. The molecule has 1 heterocycles. The van der Waals surface area contributed by atoms with Gasteiger partial charge in [-0.3, -0.25) is 0 Å². The molecule has 0 saturated carbocycles. The lowest BCUT2D eigenvalue weighted by Gasteiger charge is -2.06. The summed E-state index contributed by atoms with van der Waals surface area (Å²) in [5.74, 6) is 0.465. The zero-order valence-corrected chi connectivity index (χ0v) is 8.72. The molecule has 2 rings (SSSR count). The van der Waals surface area contributed by atoms with Crippen LogP contribution in [0.4, 0.5) is 0 Å². The molecule has 4 nitrogen and oxygen atoms in total. The number of nitrogens with zero attached hydrogens (tertiary/aromatic N) is 4. The summed E-state index contributed by atoms with van der Waals surface area (Å²) >= 11 is 5.77. The Kier molecular flexibility index (Phi) is 2.78. The van der Waals surface area contributed by atoms with Crippen molar-refractivity contribution in [2.75, 3.05) is 0 Å². The Hall–Kier alpha value is -1.68. The van der Waals surface area contributed by atoms with E-state index in [1.165, 1.54) is 0 Å². The molecule has 0 aliphatic rings. The predicted octanol–water partition coefficient (Wildman–Crippen LogP) is 2.04. The van der Waals surface area contributed by atoms with E-state index < -0.39 is 0 Å². The highest BCUT2D eigenvalue weighted by atomic mass is 35.5. The van der Waals surface area contributed by atoms with E-state index in [0.29, 0.717) is 5.88 Å². The average Bonchev–Trinajstić information content (AvgIpc) is 2.81. The zero-order chi connectivity index (χ0) is 10.7. The first kappa shape index (κ1) is 9.86. The maximum absolute atomic E-state index is 5.77. The van der Waals surface area contributed by atoms with E-state index in [-0.39, 0.29) is 0 Å².